The third-order valence-corrected chi connectivity index (χ3v) is 3.19. The number of hydrogen-bond acceptors (Lipinski definition) is 4. The molecule has 1 N–H and O–H groups in total. The summed E-state index contributed by atoms with van der Waals surface area (Å²) >= 11 is 0. The second-order valence-corrected chi connectivity index (χ2v) is 4.80. The highest BCUT2D eigenvalue weighted by molar-refractivity contribution is 5.96. The van der Waals surface area contributed by atoms with Crippen molar-refractivity contribution >= 4 is 17.4 Å². The molecule has 0 spiro atoms. The Morgan fingerprint density at radius 1 is 1.13 bits per heavy atom. The molecule has 0 unspecified atom stereocenters. The summed E-state index contributed by atoms with van der Waals surface area (Å²) in [6, 6.07) is 15.4. The van der Waals surface area contributed by atoms with E-state index < -0.39 is 0 Å². The second-order valence-electron chi connectivity index (χ2n) is 4.80. The number of rotatable bonds is 6. The quantitative estimate of drug-likeness (QED) is 0.831. The summed E-state index contributed by atoms with van der Waals surface area (Å²) in [5.41, 5.74) is 1.46. The van der Waals surface area contributed by atoms with Crippen molar-refractivity contribution in [1.82, 2.24) is 0 Å². The van der Waals surface area contributed by atoms with E-state index in [1.54, 1.807) is 55.5 Å². The van der Waals surface area contributed by atoms with Crippen molar-refractivity contribution in [3.63, 3.8) is 0 Å². The van der Waals surface area contributed by atoms with Gasteiger partial charge in [-0.25, -0.2) is 0 Å². The van der Waals surface area contributed by atoms with E-state index in [1.165, 1.54) is 0 Å². The van der Waals surface area contributed by atoms with Crippen molar-refractivity contribution in [2.45, 2.75) is 13.3 Å². The Morgan fingerprint density at radius 2 is 1.83 bits per heavy atom. The Kier molecular flexibility index (Phi) is 5.48. The van der Waals surface area contributed by atoms with Gasteiger partial charge in [-0.15, -0.1) is 0 Å². The van der Waals surface area contributed by atoms with E-state index in [0.29, 0.717) is 29.0 Å². The number of para-hydroxylation sites is 1. The summed E-state index contributed by atoms with van der Waals surface area (Å²) in [5.74, 6) is 0.199. The summed E-state index contributed by atoms with van der Waals surface area (Å²) in [4.78, 5) is 23.4. The zero-order chi connectivity index (χ0) is 16.7. The van der Waals surface area contributed by atoms with Crippen molar-refractivity contribution in [3.05, 3.63) is 59.7 Å². The summed E-state index contributed by atoms with van der Waals surface area (Å²) < 4.78 is 5.38. The molecule has 23 heavy (non-hydrogen) atoms. The van der Waals surface area contributed by atoms with Gasteiger partial charge in [0.1, 0.15) is 11.8 Å². The largest absolute Gasteiger partial charge is 0.484 e. The fraction of sp³-hybridized carbons (Fsp3) is 0.167. The van der Waals surface area contributed by atoms with Gasteiger partial charge in [0.15, 0.2) is 12.4 Å². The van der Waals surface area contributed by atoms with E-state index in [9.17, 15) is 9.59 Å². The molecule has 0 saturated carbocycles. The van der Waals surface area contributed by atoms with Crippen molar-refractivity contribution in [3.8, 4) is 11.8 Å². The molecule has 0 saturated heterocycles. The van der Waals surface area contributed by atoms with E-state index in [2.05, 4.69) is 5.32 Å². The van der Waals surface area contributed by atoms with Crippen LogP contribution in [-0.4, -0.2) is 18.3 Å². The normalized spacial score (nSPS) is 9.74. The molecule has 0 atom stereocenters. The topological polar surface area (TPSA) is 79.2 Å². The second kappa shape index (κ2) is 7.76. The summed E-state index contributed by atoms with van der Waals surface area (Å²) in [7, 11) is 0. The predicted octanol–water partition coefficient (Wildman–Crippen LogP) is 3.17. The molecule has 2 aromatic rings. The highest BCUT2D eigenvalue weighted by Gasteiger charge is 2.08. The molecule has 2 aromatic carbocycles. The average Bonchev–Trinajstić information content (AvgIpc) is 2.60. The van der Waals surface area contributed by atoms with E-state index >= 15 is 0 Å². The number of carbonyl (C=O) groups excluding carboxylic acids is 2. The average molecular weight is 308 g/mol. The highest BCUT2D eigenvalue weighted by Crippen LogP contribution is 2.15. The molecule has 2 rings (SSSR count). The number of nitrogens with one attached hydrogen (secondary N) is 1. The molecular formula is C18H16N2O3. The minimum absolute atomic E-state index is 0.0578. The predicted molar refractivity (Wildman–Crippen MR) is 86.3 cm³/mol. The van der Waals surface area contributed by atoms with Gasteiger partial charge in [0.2, 0.25) is 0 Å². The van der Waals surface area contributed by atoms with Gasteiger partial charge in [0, 0.05) is 12.0 Å². The summed E-state index contributed by atoms with van der Waals surface area (Å²) in [6.45, 7) is 1.62. The highest BCUT2D eigenvalue weighted by atomic mass is 16.5. The Labute approximate surface area is 134 Å². The van der Waals surface area contributed by atoms with Crippen LogP contribution in [0, 0.1) is 11.3 Å². The van der Waals surface area contributed by atoms with E-state index in [1.807, 2.05) is 6.07 Å². The van der Waals surface area contributed by atoms with Crippen LogP contribution in [0.15, 0.2) is 48.5 Å². The number of ether oxygens (including phenoxy) is 1. The van der Waals surface area contributed by atoms with E-state index in [4.69, 9.17) is 10.00 Å². The van der Waals surface area contributed by atoms with Gasteiger partial charge in [-0.3, -0.25) is 9.59 Å². The SMILES string of the molecule is CCC(=O)c1ccc(OCC(=O)Nc2ccccc2C#N)cc1. The number of nitriles is 1. The van der Waals surface area contributed by atoms with Crippen LogP contribution in [-0.2, 0) is 4.79 Å². The lowest BCUT2D eigenvalue weighted by molar-refractivity contribution is -0.118. The van der Waals surface area contributed by atoms with Gasteiger partial charge in [0.25, 0.3) is 5.91 Å². The molecule has 116 valence electrons. The first-order chi connectivity index (χ1) is 11.1. The number of Topliss-reactive ketones (excluding diaryl/α,β-unsaturated/α-hetero) is 1. The maximum absolute atomic E-state index is 11.9. The Morgan fingerprint density at radius 3 is 2.48 bits per heavy atom. The third kappa shape index (κ3) is 4.42. The van der Waals surface area contributed by atoms with E-state index in [-0.39, 0.29) is 18.3 Å². The lowest BCUT2D eigenvalue weighted by atomic mass is 10.1. The van der Waals surface area contributed by atoms with Crippen LogP contribution in [0.3, 0.4) is 0 Å². The minimum atomic E-state index is -0.360. The third-order valence-electron chi connectivity index (χ3n) is 3.19. The zero-order valence-electron chi connectivity index (χ0n) is 12.7. The molecule has 5 heteroatoms. The lowest BCUT2D eigenvalue weighted by Gasteiger charge is -2.09. The zero-order valence-corrected chi connectivity index (χ0v) is 12.7. The van der Waals surface area contributed by atoms with Crippen LogP contribution < -0.4 is 10.1 Å². The number of hydrogen-bond donors (Lipinski definition) is 1. The molecule has 0 aromatic heterocycles. The Balaban J connectivity index is 1.92. The maximum atomic E-state index is 11.9. The first-order valence-corrected chi connectivity index (χ1v) is 7.19. The molecular weight excluding hydrogens is 292 g/mol. The number of ketones is 1. The van der Waals surface area contributed by atoms with Gasteiger partial charge in [-0.05, 0) is 36.4 Å². The number of benzene rings is 2. The Hall–Kier alpha value is -3.13. The lowest BCUT2D eigenvalue weighted by Crippen LogP contribution is -2.20. The van der Waals surface area contributed by atoms with Gasteiger partial charge in [0.05, 0.1) is 11.3 Å². The van der Waals surface area contributed by atoms with Crippen LogP contribution in [0.5, 0.6) is 5.75 Å². The van der Waals surface area contributed by atoms with Gasteiger partial charge >= 0.3 is 0 Å². The number of anilines is 1. The van der Waals surface area contributed by atoms with Crippen molar-refractivity contribution in [2.24, 2.45) is 0 Å². The first kappa shape index (κ1) is 16.2. The monoisotopic (exact) mass is 308 g/mol. The molecule has 5 nitrogen and oxygen atoms in total. The number of carbonyl (C=O) groups is 2. The molecule has 0 aliphatic rings. The molecule has 0 aliphatic carbocycles. The van der Waals surface area contributed by atoms with Crippen molar-refractivity contribution in [1.29, 1.82) is 5.26 Å². The fourth-order valence-corrected chi connectivity index (χ4v) is 1.97. The van der Waals surface area contributed by atoms with Gasteiger partial charge in [-0.1, -0.05) is 19.1 Å². The van der Waals surface area contributed by atoms with Gasteiger partial charge < -0.3 is 10.1 Å². The first-order valence-electron chi connectivity index (χ1n) is 7.19. The van der Waals surface area contributed by atoms with Crippen LogP contribution in [0.1, 0.15) is 29.3 Å². The molecule has 0 fully saturated rings. The minimum Gasteiger partial charge on any atom is -0.484 e. The summed E-state index contributed by atoms with van der Waals surface area (Å²) in [6.07, 6.45) is 0.445. The summed E-state index contributed by atoms with van der Waals surface area (Å²) in [5, 5.41) is 11.6. The van der Waals surface area contributed by atoms with Crippen molar-refractivity contribution in [2.75, 3.05) is 11.9 Å². The number of amides is 1. The van der Waals surface area contributed by atoms with Crippen LogP contribution >= 0.6 is 0 Å². The van der Waals surface area contributed by atoms with Gasteiger partial charge in [-0.2, -0.15) is 5.26 Å². The smallest absolute Gasteiger partial charge is 0.262 e. The van der Waals surface area contributed by atoms with E-state index in [0.717, 1.165) is 0 Å². The Bertz CT molecular complexity index is 746. The van der Waals surface area contributed by atoms with Crippen LogP contribution in [0.25, 0.3) is 0 Å². The fourth-order valence-electron chi connectivity index (χ4n) is 1.97. The molecule has 1 amide bonds. The molecule has 0 radical (unpaired) electrons. The van der Waals surface area contributed by atoms with Crippen molar-refractivity contribution < 1.29 is 14.3 Å². The standard InChI is InChI=1S/C18H16N2O3/c1-2-17(21)13-7-9-15(10-8-13)23-12-18(22)20-16-6-4-3-5-14(16)11-19/h3-10H,2,12H2,1H3,(H,20,22). The molecule has 0 aliphatic heterocycles. The van der Waals surface area contributed by atoms with Crippen LogP contribution in [0.2, 0.25) is 0 Å². The number of nitrogens with zero attached hydrogens (tertiary/aromatic N) is 1. The molecule has 0 bridgehead atoms. The van der Waals surface area contributed by atoms with Crippen LogP contribution in [0.4, 0.5) is 5.69 Å². The molecule has 0 heterocycles. The maximum Gasteiger partial charge on any atom is 0.262 e.